The molecular formula is C125H164F3N15O2. The molecule has 1 N–H and O–H groups in total. The van der Waals surface area contributed by atoms with Crippen molar-refractivity contribution in [1.82, 2.24) is 40.2 Å². The lowest BCUT2D eigenvalue weighted by molar-refractivity contribution is 0.0880. The fraction of sp³-hybridized carbons (Fsp3) is 0.496. The Labute approximate surface area is 863 Å². The first-order valence-electron chi connectivity index (χ1n) is 53.4. The Bertz CT molecular complexity index is 6370. The first-order chi connectivity index (χ1) is 68.7. The summed E-state index contributed by atoms with van der Waals surface area (Å²) in [5.74, 6) is 6.67. The summed E-state index contributed by atoms with van der Waals surface area (Å²) >= 11 is 0. The molecule has 17 nitrogen and oxygen atoms in total. The molecule has 145 heavy (non-hydrogen) atoms. The summed E-state index contributed by atoms with van der Waals surface area (Å²) in [4.78, 5) is 48.6. The molecule has 2 unspecified atom stereocenters. The molecule has 14 heterocycles. The molecule has 7 saturated heterocycles. The summed E-state index contributed by atoms with van der Waals surface area (Å²) < 4.78 is 49.9. The van der Waals surface area contributed by atoms with E-state index in [4.69, 9.17) is 34.4 Å². The Hall–Kier alpha value is -11.3. The normalized spacial score (nSPS) is 19.6. The molecule has 14 aromatic rings. The van der Waals surface area contributed by atoms with Gasteiger partial charge in [-0.2, -0.15) is 0 Å². The van der Waals surface area contributed by atoms with Crippen molar-refractivity contribution >= 4 is 116 Å². The third kappa shape index (κ3) is 26.1. The second-order valence-electron chi connectivity index (χ2n) is 48.7. The molecule has 772 valence electrons. The van der Waals surface area contributed by atoms with Crippen molar-refractivity contribution in [2.45, 2.75) is 298 Å². The molecule has 0 spiro atoms. The number of fused-ring (bicyclic) bond motifs is 7. The summed E-state index contributed by atoms with van der Waals surface area (Å²) in [6.45, 7) is 62.2. The lowest BCUT2D eigenvalue weighted by Crippen LogP contribution is -2.29. The molecule has 0 radical (unpaired) electrons. The Morgan fingerprint density at radius 1 is 0.290 bits per heavy atom. The standard InChI is InChI=1S/C18H22F2N2.C18H25N3.2C18H24N2O.2C18H24N2.C17H21FN2/c1-18(2,3)15-6-4-5-12-9-16(21-10-14(12)15)22-8-7-13(11-22)17(19)20;1-18(2,3)16-7-5-6-13-10-17(20-11-15(13)16)21-9-8-14(12-21)19-4;2*1-18(2,3)16-7-5-6-13-10-17(19-11-15(13)16)20-9-8-14(12-20)21-4;2*1-13-7-6-10-20(13)17-11-14-8-5-9-16(18(2,3)4)15(14)12-19-17;1-17(2,3)15-6-4-5-12-9-16(19-10-14(12)15)20-8-7-13(18)11-20/h4-6,9-10,13,17H,7-8,11H2,1-3H3;5-7,10-11,14,19H,8-9,12H2,1-4H3;2*5-7,10-11,14H,8-9,12H2,1-4H3;2*5,8-9,11-13H,6-7,10H2,1-4H3;4-6,9-10,13H,7-8,11H2,1-3H3/t;3*14-;2*13-;/m.01010./s1. The van der Waals surface area contributed by atoms with Crippen molar-refractivity contribution < 1.29 is 22.6 Å². The molecule has 7 aromatic carbocycles. The SMILES string of the molecule is CC(C)(C)c1cccc2cc(N3CCC(C(F)F)C3)ncc12.CC(C)(C)c1cccc2cc(N3CCC(F)C3)ncc12.CN[C@H]1CCN(c2cc3cccc(C(C)(C)C)c3cn2)C1.CO[C@@H]1CCN(c2cc3cccc(C(C)(C)C)c3cn2)C1.CO[C@H]1CCN(c2cc3cccc(C(C)(C)C)c3cn2)C1.C[C@@H]1CCCN1c1cc2cccc(C(C)(C)C)c2cn1.C[C@H]1CCCN1c1cc2cccc(C(C)(C)C)c2cn1. The molecule has 0 aliphatic carbocycles. The number of hydrogen-bond acceptors (Lipinski definition) is 17. The monoisotopic (exact) mass is 1960 g/mol. The van der Waals surface area contributed by atoms with Gasteiger partial charge in [-0.3, -0.25) is 0 Å². The fourth-order valence-corrected chi connectivity index (χ4v) is 22.0. The van der Waals surface area contributed by atoms with Gasteiger partial charge in [0.1, 0.15) is 46.9 Å². The van der Waals surface area contributed by atoms with Gasteiger partial charge in [0, 0.05) is 191 Å². The van der Waals surface area contributed by atoms with Crippen LogP contribution in [-0.4, -0.2) is 178 Å². The molecule has 7 aromatic heterocycles. The zero-order valence-corrected chi connectivity index (χ0v) is 91.9. The Morgan fingerprint density at radius 3 is 0.738 bits per heavy atom. The van der Waals surface area contributed by atoms with Crippen LogP contribution in [0.5, 0.6) is 0 Å². The molecular weight excluding hydrogens is 1800 g/mol. The highest BCUT2D eigenvalue weighted by Crippen LogP contribution is 2.42. The smallest absolute Gasteiger partial charge is 0.243 e. The van der Waals surface area contributed by atoms with Crippen LogP contribution in [0.25, 0.3) is 75.4 Å². The van der Waals surface area contributed by atoms with E-state index in [9.17, 15) is 13.2 Å². The number of ether oxygens (including phenoxy) is 2. The van der Waals surface area contributed by atoms with Gasteiger partial charge in [-0.15, -0.1) is 0 Å². The Kier molecular flexibility index (Phi) is 33.6. The predicted octanol–water partition coefficient (Wildman–Crippen LogP) is 28.6. The zero-order chi connectivity index (χ0) is 104. The van der Waals surface area contributed by atoms with Crippen LogP contribution in [0.1, 0.15) is 256 Å². The van der Waals surface area contributed by atoms with E-state index in [0.29, 0.717) is 62.8 Å². The second-order valence-corrected chi connectivity index (χ2v) is 48.7. The maximum Gasteiger partial charge on any atom is 0.243 e. The minimum absolute atomic E-state index is 0.0527. The van der Waals surface area contributed by atoms with Crippen LogP contribution in [-0.2, 0) is 47.4 Å². The number of rotatable bonds is 11. The number of nitrogens with one attached hydrogen (secondary N) is 1. The van der Waals surface area contributed by atoms with Gasteiger partial charge in [-0.25, -0.2) is 48.1 Å². The maximum absolute atomic E-state index is 13.3. The first-order valence-corrected chi connectivity index (χ1v) is 53.4. The van der Waals surface area contributed by atoms with Gasteiger partial charge in [0.25, 0.3) is 0 Å². The largest absolute Gasteiger partial charge is 0.380 e. The quantitative estimate of drug-likeness (QED) is 0.131. The minimum atomic E-state index is -2.24. The van der Waals surface area contributed by atoms with E-state index < -0.39 is 18.5 Å². The van der Waals surface area contributed by atoms with E-state index in [1.165, 1.54) is 136 Å². The number of pyridine rings is 7. The molecule has 7 fully saturated rings. The molecule has 0 saturated carbocycles. The van der Waals surface area contributed by atoms with Crippen molar-refractivity contribution in [3.63, 3.8) is 0 Å². The molecule has 7 atom stereocenters. The molecule has 0 amide bonds. The average molecular weight is 1970 g/mol. The van der Waals surface area contributed by atoms with Gasteiger partial charge in [0.2, 0.25) is 6.43 Å². The first kappa shape index (κ1) is 108. The molecule has 7 aliphatic rings. The van der Waals surface area contributed by atoms with Crippen molar-refractivity contribution in [2.24, 2.45) is 5.92 Å². The summed E-state index contributed by atoms with van der Waals surface area (Å²) in [6.07, 6.45) is 21.4. The van der Waals surface area contributed by atoms with Gasteiger partial charge in [0.15, 0.2) is 0 Å². The van der Waals surface area contributed by atoms with E-state index in [0.717, 1.165) is 123 Å². The molecule has 7 aliphatic heterocycles. The highest BCUT2D eigenvalue weighted by Gasteiger charge is 2.35. The number of methoxy groups -OCH3 is 2. The van der Waals surface area contributed by atoms with Gasteiger partial charge in [-0.05, 0) is 236 Å². The van der Waals surface area contributed by atoms with E-state index >= 15 is 0 Å². The van der Waals surface area contributed by atoms with Crippen LogP contribution >= 0.6 is 0 Å². The summed E-state index contributed by atoms with van der Waals surface area (Å²) in [5.41, 5.74) is 10.3. The number of anilines is 7. The lowest BCUT2D eigenvalue weighted by Gasteiger charge is -2.24. The number of aromatic nitrogens is 7. The summed E-state index contributed by atoms with van der Waals surface area (Å²) in [7, 11) is 5.62. The zero-order valence-electron chi connectivity index (χ0n) is 91.9. The summed E-state index contributed by atoms with van der Waals surface area (Å²) in [5, 5.41) is 20.8. The van der Waals surface area contributed by atoms with Gasteiger partial charge < -0.3 is 49.1 Å². The second kappa shape index (κ2) is 45.2. The van der Waals surface area contributed by atoms with Crippen LogP contribution in [0.3, 0.4) is 0 Å². The van der Waals surface area contributed by atoms with Crippen LogP contribution in [0.4, 0.5) is 53.9 Å². The van der Waals surface area contributed by atoms with Crippen molar-refractivity contribution in [3.05, 3.63) is 252 Å². The maximum atomic E-state index is 13.3. The van der Waals surface area contributed by atoms with E-state index in [1.807, 2.05) is 47.7 Å². The number of alkyl halides is 3. The summed E-state index contributed by atoms with van der Waals surface area (Å²) in [6, 6.07) is 62.6. The van der Waals surface area contributed by atoms with Gasteiger partial charge >= 0.3 is 0 Å². The fourth-order valence-electron chi connectivity index (χ4n) is 22.0. The van der Waals surface area contributed by atoms with Crippen molar-refractivity contribution in [1.29, 1.82) is 0 Å². The van der Waals surface area contributed by atoms with Crippen molar-refractivity contribution in [2.75, 3.05) is 134 Å². The Balaban J connectivity index is 0.000000127. The van der Waals surface area contributed by atoms with Crippen LogP contribution in [0, 0.1) is 5.92 Å². The molecule has 20 heteroatoms. The van der Waals surface area contributed by atoms with Crippen LogP contribution < -0.4 is 39.6 Å². The van der Waals surface area contributed by atoms with Gasteiger partial charge in [0.05, 0.1) is 18.8 Å². The van der Waals surface area contributed by atoms with E-state index in [2.05, 4.69) is 381 Å². The molecule has 21 rings (SSSR count). The number of hydrogen-bond donors (Lipinski definition) is 1. The average Bonchev–Trinajstić information content (AvgIpc) is 1.66. The predicted molar refractivity (Wildman–Crippen MR) is 608 cm³/mol. The number of nitrogens with zero attached hydrogens (tertiary/aromatic N) is 14. The van der Waals surface area contributed by atoms with E-state index in [1.54, 1.807) is 14.2 Å². The lowest BCUT2D eigenvalue weighted by atomic mass is 9.84. The van der Waals surface area contributed by atoms with Crippen LogP contribution in [0.15, 0.2) is 213 Å². The number of benzene rings is 7. The van der Waals surface area contributed by atoms with Crippen LogP contribution in [0.2, 0.25) is 0 Å². The van der Waals surface area contributed by atoms with Gasteiger partial charge in [-0.1, -0.05) is 273 Å². The highest BCUT2D eigenvalue weighted by molar-refractivity contribution is 5.94. The third-order valence-electron chi connectivity index (χ3n) is 30.5. The van der Waals surface area contributed by atoms with Crippen molar-refractivity contribution in [3.8, 4) is 0 Å². The number of likely N-dealkylation sites (N-methyl/N-ethyl adjacent to an activating group) is 1. The van der Waals surface area contributed by atoms with E-state index in [-0.39, 0.29) is 37.9 Å². The Morgan fingerprint density at radius 2 is 0.524 bits per heavy atom. The number of halogens is 3. The minimum Gasteiger partial charge on any atom is -0.380 e. The topological polar surface area (TPSA) is 143 Å². The third-order valence-corrected chi connectivity index (χ3v) is 30.5. The molecule has 0 bridgehead atoms. The highest BCUT2D eigenvalue weighted by atomic mass is 19.3.